The average Bonchev–Trinajstić information content (AvgIpc) is 2.74. The van der Waals surface area contributed by atoms with Gasteiger partial charge in [-0.25, -0.2) is 4.39 Å². The Kier molecular flexibility index (Phi) is 3.41. The molecule has 1 aromatic carbocycles. The zero-order valence-corrected chi connectivity index (χ0v) is 12.2. The fourth-order valence-electron chi connectivity index (χ4n) is 2.83. The number of nitrogens with two attached hydrogens (primary N) is 1. The van der Waals surface area contributed by atoms with E-state index < -0.39 is 18.0 Å². The number of likely N-dealkylation sites (tertiary alicyclic amines) is 1. The Bertz CT molecular complexity index is 650. The van der Waals surface area contributed by atoms with Crippen LogP contribution in [0.3, 0.4) is 0 Å². The number of benzene rings is 1. The predicted molar refractivity (Wildman–Crippen MR) is 76.7 cm³/mol. The van der Waals surface area contributed by atoms with E-state index in [1.165, 1.54) is 16.7 Å². The van der Waals surface area contributed by atoms with Crippen LogP contribution in [-0.4, -0.2) is 46.1 Å². The molecule has 2 unspecified atom stereocenters. The molecule has 2 atom stereocenters. The summed E-state index contributed by atoms with van der Waals surface area (Å²) in [6.45, 7) is 1.77. The number of fused-ring (bicyclic) bond motifs is 1. The van der Waals surface area contributed by atoms with Crippen LogP contribution in [0.25, 0.3) is 0 Å². The molecule has 2 aliphatic heterocycles. The third kappa shape index (κ3) is 2.20. The molecule has 21 heavy (non-hydrogen) atoms. The minimum Gasteiger partial charge on any atom is -0.398 e. The molecule has 2 heterocycles. The van der Waals surface area contributed by atoms with E-state index >= 15 is 0 Å². The third-order valence-electron chi connectivity index (χ3n) is 3.95. The summed E-state index contributed by atoms with van der Waals surface area (Å²) in [4.78, 5) is 26.5. The number of Topliss-reactive ketones (excluding diaryl/α,β-unsaturated/α-hetero) is 1. The Hall–Kier alpha value is -1.60. The third-order valence-corrected chi connectivity index (χ3v) is 5.23. The van der Waals surface area contributed by atoms with Gasteiger partial charge in [-0.15, -0.1) is 11.8 Å². The van der Waals surface area contributed by atoms with Crippen molar-refractivity contribution in [1.29, 1.82) is 0 Å². The molecule has 0 aliphatic carbocycles. The lowest BCUT2D eigenvalue weighted by atomic mass is 9.99. The van der Waals surface area contributed by atoms with Gasteiger partial charge in [0, 0.05) is 22.9 Å². The molecule has 2 aliphatic rings. The second kappa shape index (κ2) is 4.99. The van der Waals surface area contributed by atoms with Crippen molar-refractivity contribution in [3.63, 3.8) is 0 Å². The Morgan fingerprint density at radius 1 is 1.48 bits per heavy atom. The smallest absolute Gasteiger partial charge is 0.225 e. The molecular weight excluding hydrogens is 295 g/mol. The minimum atomic E-state index is -0.732. The van der Waals surface area contributed by atoms with Crippen molar-refractivity contribution < 1.29 is 19.1 Å². The van der Waals surface area contributed by atoms with E-state index in [2.05, 4.69) is 0 Å². The lowest BCUT2D eigenvalue weighted by Crippen LogP contribution is -2.46. The fourth-order valence-corrected chi connectivity index (χ4v) is 4.16. The fraction of sp³-hybridized carbons (Fsp3) is 0.429. The van der Waals surface area contributed by atoms with Crippen LogP contribution in [0.1, 0.15) is 22.3 Å². The van der Waals surface area contributed by atoms with E-state index in [-0.39, 0.29) is 30.3 Å². The summed E-state index contributed by atoms with van der Waals surface area (Å²) in [5.74, 6) is -0.583. The quantitative estimate of drug-likeness (QED) is 0.755. The Balaban J connectivity index is 2.00. The predicted octanol–water partition coefficient (Wildman–Crippen LogP) is 0.967. The number of nitrogen functional groups attached to an aromatic ring is 1. The number of carbonyl (C=O) groups is 2. The molecule has 0 saturated carbocycles. The van der Waals surface area contributed by atoms with Crippen LogP contribution in [0.5, 0.6) is 0 Å². The van der Waals surface area contributed by atoms with Crippen molar-refractivity contribution in [2.24, 2.45) is 0 Å². The maximum absolute atomic E-state index is 13.7. The lowest BCUT2D eigenvalue weighted by Gasteiger charge is -2.31. The number of β-amino-alcohol motifs (C(OH)–C–C–N with tert-alkyl or cyclic N) is 1. The van der Waals surface area contributed by atoms with Gasteiger partial charge in [0.1, 0.15) is 11.9 Å². The standard InChI is InChI=1S/C14H15FN2O3S/c1-6-8(15)3-9(16)12-13(20)10(5-21-14(6)12)17-4-7(18)2-11(17)19/h3,7,10,18H,2,4-5,16H2,1H3. The Morgan fingerprint density at radius 3 is 2.81 bits per heavy atom. The first-order valence-corrected chi connectivity index (χ1v) is 7.61. The number of hydrogen-bond donors (Lipinski definition) is 2. The Morgan fingerprint density at radius 2 is 2.19 bits per heavy atom. The van der Waals surface area contributed by atoms with E-state index in [4.69, 9.17) is 5.73 Å². The number of amides is 1. The largest absolute Gasteiger partial charge is 0.398 e. The van der Waals surface area contributed by atoms with Crippen LogP contribution < -0.4 is 5.73 Å². The first-order valence-electron chi connectivity index (χ1n) is 6.63. The van der Waals surface area contributed by atoms with Gasteiger partial charge in [0.25, 0.3) is 0 Å². The summed E-state index contributed by atoms with van der Waals surface area (Å²) in [5.41, 5.74) is 6.60. The first kappa shape index (κ1) is 14.3. The molecule has 1 saturated heterocycles. The van der Waals surface area contributed by atoms with Gasteiger partial charge in [-0.3, -0.25) is 9.59 Å². The zero-order chi connectivity index (χ0) is 15.3. The van der Waals surface area contributed by atoms with E-state index in [9.17, 15) is 19.1 Å². The summed E-state index contributed by atoms with van der Waals surface area (Å²) in [7, 11) is 0. The van der Waals surface area contributed by atoms with Gasteiger partial charge in [-0.05, 0) is 18.6 Å². The highest BCUT2D eigenvalue weighted by molar-refractivity contribution is 7.99. The minimum absolute atomic E-state index is 0.0409. The summed E-state index contributed by atoms with van der Waals surface area (Å²) in [6.07, 6.45) is -0.692. The summed E-state index contributed by atoms with van der Waals surface area (Å²) in [5, 5.41) is 9.56. The average molecular weight is 310 g/mol. The second-order valence-corrected chi connectivity index (χ2v) is 6.40. The molecule has 7 heteroatoms. The molecule has 5 nitrogen and oxygen atoms in total. The molecule has 1 aromatic rings. The van der Waals surface area contributed by atoms with Gasteiger partial charge in [0.2, 0.25) is 5.91 Å². The molecule has 112 valence electrons. The molecule has 3 rings (SSSR count). The van der Waals surface area contributed by atoms with E-state index in [0.29, 0.717) is 21.8 Å². The van der Waals surface area contributed by atoms with Crippen LogP contribution in [0.2, 0.25) is 0 Å². The molecule has 0 bridgehead atoms. The van der Waals surface area contributed by atoms with Gasteiger partial charge >= 0.3 is 0 Å². The van der Waals surface area contributed by atoms with Gasteiger partial charge in [-0.1, -0.05) is 0 Å². The number of anilines is 1. The van der Waals surface area contributed by atoms with Crippen molar-refractivity contribution in [3.8, 4) is 0 Å². The van der Waals surface area contributed by atoms with Crippen molar-refractivity contribution in [2.75, 3.05) is 18.0 Å². The second-order valence-electron chi connectivity index (χ2n) is 5.37. The van der Waals surface area contributed by atoms with Gasteiger partial charge in [0.15, 0.2) is 5.78 Å². The zero-order valence-electron chi connectivity index (χ0n) is 11.4. The number of ketones is 1. The van der Waals surface area contributed by atoms with Crippen molar-refractivity contribution in [1.82, 2.24) is 4.90 Å². The molecule has 0 radical (unpaired) electrons. The molecule has 0 spiro atoms. The maximum atomic E-state index is 13.7. The highest BCUT2D eigenvalue weighted by Crippen LogP contribution is 2.39. The SMILES string of the molecule is Cc1c(F)cc(N)c2c1SCC(N1CC(O)CC1=O)C2=O. The summed E-state index contributed by atoms with van der Waals surface area (Å²) < 4.78 is 13.7. The van der Waals surface area contributed by atoms with Crippen LogP contribution in [0.4, 0.5) is 10.1 Å². The van der Waals surface area contributed by atoms with Gasteiger partial charge in [-0.2, -0.15) is 0 Å². The maximum Gasteiger partial charge on any atom is 0.225 e. The van der Waals surface area contributed by atoms with E-state index in [1.807, 2.05) is 0 Å². The summed E-state index contributed by atoms with van der Waals surface area (Å²) >= 11 is 1.33. The van der Waals surface area contributed by atoms with Gasteiger partial charge < -0.3 is 15.7 Å². The number of aliphatic hydroxyl groups excluding tert-OH is 1. The van der Waals surface area contributed by atoms with Crippen molar-refractivity contribution in [2.45, 2.75) is 30.4 Å². The highest BCUT2D eigenvalue weighted by Gasteiger charge is 2.41. The van der Waals surface area contributed by atoms with Crippen molar-refractivity contribution >= 4 is 29.1 Å². The summed E-state index contributed by atoms with van der Waals surface area (Å²) in [6, 6.07) is 0.509. The van der Waals surface area contributed by atoms with Crippen LogP contribution >= 0.6 is 11.8 Å². The number of carbonyl (C=O) groups excluding carboxylic acids is 2. The lowest BCUT2D eigenvalue weighted by molar-refractivity contribution is -0.128. The number of rotatable bonds is 1. The van der Waals surface area contributed by atoms with E-state index in [1.54, 1.807) is 6.92 Å². The number of hydrogen-bond acceptors (Lipinski definition) is 5. The molecular formula is C14H15FN2O3S. The monoisotopic (exact) mass is 310 g/mol. The number of halogens is 1. The Labute approximate surface area is 125 Å². The molecule has 3 N–H and O–H groups in total. The number of nitrogens with zero attached hydrogens (tertiary/aromatic N) is 1. The van der Waals surface area contributed by atoms with Gasteiger partial charge in [0.05, 0.1) is 18.1 Å². The topological polar surface area (TPSA) is 83.6 Å². The number of thioether (sulfide) groups is 1. The van der Waals surface area contributed by atoms with E-state index in [0.717, 1.165) is 6.07 Å². The van der Waals surface area contributed by atoms with Crippen molar-refractivity contribution in [3.05, 3.63) is 23.0 Å². The van der Waals surface area contributed by atoms with Crippen LogP contribution in [-0.2, 0) is 4.79 Å². The van der Waals surface area contributed by atoms with Crippen LogP contribution in [0, 0.1) is 12.7 Å². The molecule has 0 aromatic heterocycles. The molecule has 1 fully saturated rings. The molecule has 1 amide bonds. The highest BCUT2D eigenvalue weighted by atomic mass is 32.2. The first-order chi connectivity index (χ1) is 9.90. The normalized spacial score (nSPS) is 25.4. The van der Waals surface area contributed by atoms with Crippen LogP contribution in [0.15, 0.2) is 11.0 Å². The number of aliphatic hydroxyl groups is 1.